The molecule has 1 atom stereocenters. The van der Waals surface area contributed by atoms with Crippen LogP contribution in [0.5, 0.6) is 0 Å². The van der Waals surface area contributed by atoms with E-state index in [1.807, 2.05) is 21.0 Å². The smallest absolute Gasteiger partial charge is 0.252 e. The van der Waals surface area contributed by atoms with Crippen LogP contribution in [0.25, 0.3) is 0 Å². The third-order valence-corrected chi connectivity index (χ3v) is 5.88. The van der Waals surface area contributed by atoms with Crippen molar-refractivity contribution < 1.29 is 13.2 Å². The first-order chi connectivity index (χ1) is 10.5. The molecule has 0 spiro atoms. The Kier molecular flexibility index (Phi) is 6.36. The molecule has 0 aromatic heterocycles. The molecule has 0 aliphatic carbocycles. The Labute approximate surface area is 140 Å². The van der Waals surface area contributed by atoms with Crippen LogP contribution >= 0.6 is 0 Å². The lowest BCUT2D eigenvalue weighted by atomic mass is 9.84. The van der Waals surface area contributed by atoms with Gasteiger partial charge in [-0.2, -0.15) is 0 Å². The minimum Gasteiger partial charge on any atom is -0.349 e. The topological polar surface area (TPSA) is 66.5 Å². The van der Waals surface area contributed by atoms with E-state index in [2.05, 4.69) is 24.1 Å². The fourth-order valence-electron chi connectivity index (χ4n) is 2.50. The van der Waals surface area contributed by atoms with Crippen LogP contribution in [-0.2, 0) is 9.84 Å². The van der Waals surface area contributed by atoms with Crippen molar-refractivity contribution >= 4 is 15.7 Å². The van der Waals surface area contributed by atoms with Gasteiger partial charge in [-0.25, -0.2) is 8.42 Å². The van der Waals surface area contributed by atoms with Crippen molar-refractivity contribution in [1.29, 1.82) is 0 Å². The molecular weight excluding hydrogens is 312 g/mol. The normalized spacial score (nSPS) is 13.9. The van der Waals surface area contributed by atoms with E-state index in [9.17, 15) is 13.2 Å². The number of benzene rings is 1. The van der Waals surface area contributed by atoms with E-state index in [1.165, 1.54) is 6.07 Å². The standard InChI is InChI=1S/C17H28N2O3S/c1-7-23(21,22)15-11-9-8-10-14(15)16(20)18-13(2)17(3,4)12-19(5)6/h8-11,13H,7,12H2,1-6H3,(H,18,20). The maximum atomic E-state index is 12.6. The molecule has 0 saturated heterocycles. The molecule has 0 fully saturated rings. The fourth-order valence-corrected chi connectivity index (χ4v) is 3.60. The van der Waals surface area contributed by atoms with Gasteiger partial charge < -0.3 is 10.2 Å². The number of amides is 1. The summed E-state index contributed by atoms with van der Waals surface area (Å²) >= 11 is 0. The molecule has 1 unspecified atom stereocenters. The van der Waals surface area contributed by atoms with Crippen LogP contribution in [0.2, 0.25) is 0 Å². The number of carbonyl (C=O) groups is 1. The minimum absolute atomic E-state index is 0.0288. The van der Waals surface area contributed by atoms with Gasteiger partial charge in [0.25, 0.3) is 5.91 Å². The van der Waals surface area contributed by atoms with Crippen molar-refractivity contribution in [2.75, 3.05) is 26.4 Å². The Morgan fingerprint density at radius 3 is 2.35 bits per heavy atom. The predicted molar refractivity (Wildman–Crippen MR) is 93.4 cm³/mol. The van der Waals surface area contributed by atoms with Crippen molar-refractivity contribution in [1.82, 2.24) is 10.2 Å². The quantitative estimate of drug-likeness (QED) is 0.826. The second-order valence-electron chi connectivity index (χ2n) is 6.82. The third kappa shape index (κ3) is 5.04. The number of nitrogens with one attached hydrogen (secondary N) is 1. The third-order valence-electron chi connectivity index (χ3n) is 4.09. The molecule has 1 N–H and O–H groups in total. The highest BCUT2D eigenvalue weighted by atomic mass is 32.2. The van der Waals surface area contributed by atoms with Crippen molar-refractivity contribution in [2.24, 2.45) is 5.41 Å². The number of nitrogens with zero attached hydrogens (tertiary/aromatic N) is 1. The molecule has 0 radical (unpaired) electrons. The van der Waals surface area contributed by atoms with Gasteiger partial charge in [0.05, 0.1) is 16.2 Å². The van der Waals surface area contributed by atoms with E-state index in [0.29, 0.717) is 0 Å². The molecule has 6 heteroatoms. The molecule has 1 aromatic rings. The Balaban J connectivity index is 3.04. The summed E-state index contributed by atoms with van der Waals surface area (Å²) in [6.07, 6.45) is 0. The summed E-state index contributed by atoms with van der Waals surface area (Å²) in [5.74, 6) is -0.379. The summed E-state index contributed by atoms with van der Waals surface area (Å²) in [5, 5.41) is 2.95. The molecule has 0 bridgehead atoms. The van der Waals surface area contributed by atoms with Crippen molar-refractivity contribution in [3.63, 3.8) is 0 Å². The Morgan fingerprint density at radius 1 is 1.26 bits per heavy atom. The van der Waals surface area contributed by atoms with Crippen molar-refractivity contribution in [2.45, 2.75) is 38.6 Å². The summed E-state index contributed by atoms with van der Waals surface area (Å²) in [7, 11) is 0.538. The second kappa shape index (κ2) is 7.45. The van der Waals surface area contributed by atoms with Crippen molar-refractivity contribution in [3.05, 3.63) is 29.8 Å². The predicted octanol–water partition coefficient (Wildman–Crippen LogP) is 2.19. The van der Waals surface area contributed by atoms with Crippen LogP contribution in [0, 0.1) is 5.41 Å². The number of hydrogen-bond acceptors (Lipinski definition) is 4. The Morgan fingerprint density at radius 2 is 1.83 bits per heavy atom. The van der Waals surface area contributed by atoms with Gasteiger partial charge in [-0.3, -0.25) is 4.79 Å². The van der Waals surface area contributed by atoms with Gasteiger partial charge in [0.15, 0.2) is 9.84 Å². The first kappa shape index (κ1) is 19.6. The number of carbonyl (C=O) groups excluding carboxylic acids is 1. The van der Waals surface area contributed by atoms with E-state index in [1.54, 1.807) is 25.1 Å². The van der Waals surface area contributed by atoms with Gasteiger partial charge in [0.1, 0.15) is 0 Å². The van der Waals surface area contributed by atoms with Gasteiger partial charge in [-0.15, -0.1) is 0 Å². The maximum Gasteiger partial charge on any atom is 0.252 e. The number of hydrogen-bond donors (Lipinski definition) is 1. The molecule has 0 saturated carbocycles. The summed E-state index contributed by atoms with van der Waals surface area (Å²) < 4.78 is 24.3. The van der Waals surface area contributed by atoms with E-state index in [-0.39, 0.29) is 33.6 Å². The summed E-state index contributed by atoms with van der Waals surface area (Å²) in [5.41, 5.74) is 0.0689. The van der Waals surface area contributed by atoms with Crippen LogP contribution < -0.4 is 5.32 Å². The molecule has 5 nitrogen and oxygen atoms in total. The average molecular weight is 340 g/mol. The lowest BCUT2D eigenvalue weighted by Gasteiger charge is -2.35. The highest BCUT2D eigenvalue weighted by Gasteiger charge is 2.29. The monoisotopic (exact) mass is 340 g/mol. The SMILES string of the molecule is CCS(=O)(=O)c1ccccc1C(=O)NC(C)C(C)(C)CN(C)C. The molecule has 1 aromatic carbocycles. The molecular formula is C17H28N2O3S. The molecule has 0 heterocycles. The average Bonchev–Trinajstić information content (AvgIpc) is 2.45. The second-order valence-corrected chi connectivity index (χ2v) is 9.07. The summed E-state index contributed by atoms with van der Waals surface area (Å²) in [6.45, 7) is 8.48. The van der Waals surface area contributed by atoms with Crippen LogP contribution in [0.3, 0.4) is 0 Å². The van der Waals surface area contributed by atoms with E-state index in [0.717, 1.165) is 6.54 Å². The van der Waals surface area contributed by atoms with Gasteiger partial charge >= 0.3 is 0 Å². The van der Waals surface area contributed by atoms with Crippen molar-refractivity contribution in [3.8, 4) is 0 Å². The molecule has 130 valence electrons. The van der Waals surface area contributed by atoms with Crippen LogP contribution in [0.4, 0.5) is 0 Å². The Hall–Kier alpha value is -1.40. The van der Waals surface area contributed by atoms with Gasteiger partial charge in [-0.1, -0.05) is 32.9 Å². The first-order valence-corrected chi connectivity index (χ1v) is 9.44. The van der Waals surface area contributed by atoms with Crippen LogP contribution in [-0.4, -0.2) is 51.7 Å². The van der Waals surface area contributed by atoms with Gasteiger partial charge in [0, 0.05) is 12.6 Å². The molecule has 0 aliphatic heterocycles. The lowest BCUT2D eigenvalue weighted by Crippen LogP contribution is -2.47. The zero-order chi connectivity index (χ0) is 17.8. The first-order valence-electron chi connectivity index (χ1n) is 7.78. The van der Waals surface area contributed by atoms with Gasteiger partial charge in [0.2, 0.25) is 0 Å². The zero-order valence-corrected chi connectivity index (χ0v) is 15.7. The van der Waals surface area contributed by atoms with E-state index < -0.39 is 9.84 Å². The van der Waals surface area contributed by atoms with Gasteiger partial charge in [-0.05, 0) is 38.6 Å². The highest BCUT2D eigenvalue weighted by Crippen LogP contribution is 2.23. The van der Waals surface area contributed by atoms with E-state index in [4.69, 9.17) is 0 Å². The number of rotatable bonds is 7. The molecule has 23 heavy (non-hydrogen) atoms. The van der Waals surface area contributed by atoms with Crippen LogP contribution in [0.1, 0.15) is 38.1 Å². The minimum atomic E-state index is -3.43. The highest BCUT2D eigenvalue weighted by molar-refractivity contribution is 7.91. The Bertz CT molecular complexity index is 652. The lowest BCUT2D eigenvalue weighted by molar-refractivity contribution is 0.0882. The molecule has 0 aliphatic rings. The molecule has 1 amide bonds. The van der Waals surface area contributed by atoms with Crippen LogP contribution in [0.15, 0.2) is 29.2 Å². The largest absolute Gasteiger partial charge is 0.349 e. The maximum absolute atomic E-state index is 12.6. The number of sulfone groups is 1. The molecule has 1 rings (SSSR count). The van der Waals surface area contributed by atoms with E-state index >= 15 is 0 Å². The fraction of sp³-hybridized carbons (Fsp3) is 0.588. The summed E-state index contributed by atoms with van der Waals surface area (Å²) in [4.78, 5) is 14.7. The zero-order valence-electron chi connectivity index (χ0n) is 14.9. The summed E-state index contributed by atoms with van der Waals surface area (Å²) in [6, 6.07) is 6.26.